The predicted molar refractivity (Wildman–Crippen MR) is 64.5 cm³/mol. The third-order valence-electron chi connectivity index (χ3n) is 2.14. The van der Waals surface area contributed by atoms with Gasteiger partial charge in [0.15, 0.2) is 5.84 Å². The minimum absolute atomic E-state index is 0.0244. The number of nitrogens with one attached hydrogen (secondary N) is 1. The minimum Gasteiger partial charge on any atom is -0.409 e. The fourth-order valence-corrected chi connectivity index (χ4v) is 1.73. The largest absolute Gasteiger partial charge is 0.409 e. The lowest BCUT2D eigenvalue weighted by Gasteiger charge is -2.14. The molecule has 1 unspecified atom stereocenters. The summed E-state index contributed by atoms with van der Waals surface area (Å²) in [4.78, 5) is 11.6. The molecule has 4 N–H and O–H groups in total. The van der Waals surface area contributed by atoms with E-state index in [4.69, 9.17) is 10.9 Å². The second-order valence-electron chi connectivity index (χ2n) is 3.79. The first-order valence-electron chi connectivity index (χ1n) is 5.24. The number of nitrogens with zero attached hydrogens (tertiary/aromatic N) is 1. The Morgan fingerprint density at radius 2 is 2.12 bits per heavy atom. The number of hydrogen-bond acceptors (Lipinski definition) is 5. The second kappa shape index (κ2) is 7.10. The molecule has 0 bridgehead atoms. The molecule has 0 saturated carbocycles. The van der Waals surface area contributed by atoms with E-state index >= 15 is 0 Å². The summed E-state index contributed by atoms with van der Waals surface area (Å²) in [5.74, 6) is -1.44. The molecule has 0 radical (unpaired) electrons. The topological polar surface area (TPSA) is 122 Å². The van der Waals surface area contributed by atoms with Crippen molar-refractivity contribution in [3.05, 3.63) is 0 Å². The number of sulfone groups is 1. The summed E-state index contributed by atoms with van der Waals surface area (Å²) in [7, 11) is -3.11. The molecular weight excluding hydrogens is 246 g/mol. The van der Waals surface area contributed by atoms with Gasteiger partial charge in [-0.2, -0.15) is 0 Å². The van der Waals surface area contributed by atoms with Crippen molar-refractivity contribution in [2.24, 2.45) is 16.8 Å². The van der Waals surface area contributed by atoms with Crippen molar-refractivity contribution in [2.75, 3.05) is 18.6 Å². The lowest BCUT2D eigenvalue weighted by atomic mass is 10.0. The van der Waals surface area contributed by atoms with Gasteiger partial charge in [0.2, 0.25) is 5.91 Å². The summed E-state index contributed by atoms with van der Waals surface area (Å²) < 4.78 is 21.7. The molecule has 7 nitrogen and oxygen atoms in total. The third-order valence-corrected chi connectivity index (χ3v) is 3.08. The van der Waals surface area contributed by atoms with Crippen LogP contribution in [0.1, 0.15) is 19.8 Å². The van der Waals surface area contributed by atoms with Crippen LogP contribution in [0.15, 0.2) is 5.16 Å². The quantitative estimate of drug-likeness (QED) is 0.243. The Morgan fingerprint density at radius 3 is 2.53 bits per heavy atom. The van der Waals surface area contributed by atoms with Gasteiger partial charge in [-0.3, -0.25) is 4.79 Å². The number of hydrogen-bond donors (Lipinski definition) is 3. The molecule has 0 spiro atoms. The number of carbonyl (C=O) groups is 1. The summed E-state index contributed by atoms with van der Waals surface area (Å²) >= 11 is 0. The molecule has 0 fully saturated rings. The molecule has 17 heavy (non-hydrogen) atoms. The number of carbonyl (C=O) groups excluding carboxylic acids is 1. The molecule has 0 aromatic carbocycles. The molecule has 0 aliphatic carbocycles. The van der Waals surface area contributed by atoms with E-state index in [-0.39, 0.29) is 18.1 Å². The summed E-state index contributed by atoms with van der Waals surface area (Å²) in [5, 5.41) is 13.8. The van der Waals surface area contributed by atoms with E-state index in [1.807, 2.05) is 6.92 Å². The van der Waals surface area contributed by atoms with Crippen LogP contribution in [0.25, 0.3) is 0 Å². The first kappa shape index (κ1) is 15.7. The monoisotopic (exact) mass is 265 g/mol. The van der Waals surface area contributed by atoms with Gasteiger partial charge in [-0.1, -0.05) is 18.5 Å². The summed E-state index contributed by atoms with van der Waals surface area (Å²) in [6.45, 7) is 1.89. The average molecular weight is 265 g/mol. The molecule has 8 heteroatoms. The molecule has 1 amide bonds. The maximum absolute atomic E-state index is 11.6. The molecule has 1 atom stereocenters. The van der Waals surface area contributed by atoms with Gasteiger partial charge < -0.3 is 16.3 Å². The summed E-state index contributed by atoms with van der Waals surface area (Å²) in [6, 6.07) is 0. The zero-order valence-electron chi connectivity index (χ0n) is 10.0. The van der Waals surface area contributed by atoms with Gasteiger partial charge in [0.25, 0.3) is 0 Å². The Labute approximate surface area is 101 Å². The molecule has 0 aromatic heterocycles. The number of rotatable bonds is 7. The van der Waals surface area contributed by atoms with E-state index < -0.39 is 21.7 Å². The van der Waals surface area contributed by atoms with Crippen LogP contribution in [-0.2, 0) is 14.6 Å². The standard InChI is InChI=1S/C9H19N3O4S/c1-3-4-7(8(10)12-14)9(13)11-5-6-17(2,15)16/h7,14H,3-6H2,1-2H3,(H2,10,12)(H,11,13). The lowest BCUT2D eigenvalue weighted by Crippen LogP contribution is -2.40. The maximum atomic E-state index is 11.6. The van der Waals surface area contributed by atoms with Crippen molar-refractivity contribution >= 4 is 21.6 Å². The van der Waals surface area contributed by atoms with Crippen LogP contribution in [0.3, 0.4) is 0 Å². The van der Waals surface area contributed by atoms with Gasteiger partial charge in [0.05, 0.1) is 11.7 Å². The van der Waals surface area contributed by atoms with Crippen molar-refractivity contribution in [3.8, 4) is 0 Å². The summed E-state index contributed by atoms with van der Waals surface area (Å²) in [5.41, 5.74) is 5.38. The normalized spacial score (nSPS) is 14.4. The highest BCUT2D eigenvalue weighted by Gasteiger charge is 2.22. The molecule has 100 valence electrons. The molecule has 0 aliphatic rings. The Hall–Kier alpha value is -1.31. The number of oxime groups is 1. The zero-order chi connectivity index (χ0) is 13.5. The zero-order valence-corrected chi connectivity index (χ0v) is 10.8. The Balaban J connectivity index is 4.34. The van der Waals surface area contributed by atoms with E-state index in [0.29, 0.717) is 12.8 Å². The number of nitrogens with two attached hydrogens (primary N) is 1. The lowest BCUT2D eigenvalue weighted by molar-refractivity contribution is -0.123. The van der Waals surface area contributed by atoms with Crippen LogP contribution in [0, 0.1) is 5.92 Å². The Bertz CT molecular complexity index is 378. The van der Waals surface area contributed by atoms with Crippen molar-refractivity contribution < 1.29 is 18.4 Å². The van der Waals surface area contributed by atoms with E-state index in [0.717, 1.165) is 6.26 Å². The molecule has 0 saturated heterocycles. The highest BCUT2D eigenvalue weighted by atomic mass is 32.2. The van der Waals surface area contributed by atoms with Gasteiger partial charge >= 0.3 is 0 Å². The first-order valence-corrected chi connectivity index (χ1v) is 7.30. The van der Waals surface area contributed by atoms with E-state index in [1.165, 1.54) is 0 Å². The van der Waals surface area contributed by atoms with Crippen LogP contribution in [0.2, 0.25) is 0 Å². The molecule has 0 aliphatic heterocycles. The van der Waals surface area contributed by atoms with Crippen molar-refractivity contribution in [1.82, 2.24) is 5.32 Å². The van der Waals surface area contributed by atoms with E-state index in [2.05, 4.69) is 10.5 Å². The average Bonchev–Trinajstić information content (AvgIpc) is 2.22. The van der Waals surface area contributed by atoms with Crippen molar-refractivity contribution in [2.45, 2.75) is 19.8 Å². The first-order chi connectivity index (χ1) is 7.81. The fraction of sp³-hybridized carbons (Fsp3) is 0.778. The smallest absolute Gasteiger partial charge is 0.230 e. The molecule has 0 aromatic rings. The van der Waals surface area contributed by atoms with Crippen LogP contribution in [-0.4, -0.2) is 43.9 Å². The van der Waals surface area contributed by atoms with E-state index in [9.17, 15) is 13.2 Å². The minimum atomic E-state index is -3.11. The molecule has 0 heterocycles. The number of amides is 1. The third kappa shape index (κ3) is 6.77. The SMILES string of the molecule is CCCC(C(=O)NCCS(C)(=O)=O)C(N)=NO. The Kier molecular flexibility index (Phi) is 6.55. The maximum Gasteiger partial charge on any atom is 0.230 e. The second-order valence-corrected chi connectivity index (χ2v) is 6.05. The van der Waals surface area contributed by atoms with Gasteiger partial charge in [-0.05, 0) is 6.42 Å². The Morgan fingerprint density at radius 1 is 1.53 bits per heavy atom. The van der Waals surface area contributed by atoms with Crippen LogP contribution >= 0.6 is 0 Å². The van der Waals surface area contributed by atoms with Gasteiger partial charge in [-0.25, -0.2) is 8.42 Å². The van der Waals surface area contributed by atoms with Gasteiger partial charge in [-0.15, -0.1) is 0 Å². The predicted octanol–water partition coefficient (Wildman–Crippen LogP) is -0.690. The molecular formula is C9H19N3O4S. The number of amidine groups is 1. The van der Waals surface area contributed by atoms with Gasteiger partial charge in [0.1, 0.15) is 9.84 Å². The molecule has 0 rings (SSSR count). The highest BCUT2D eigenvalue weighted by Crippen LogP contribution is 2.06. The highest BCUT2D eigenvalue weighted by molar-refractivity contribution is 7.90. The fourth-order valence-electron chi connectivity index (χ4n) is 1.25. The van der Waals surface area contributed by atoms with E-state index in [1.54, 1.807) is 0 Å². The summed E-state index contributed by atoms with van der Waals surface area (Å²) in [6.07, 6.45) is 2.23. The van der Waals surface area contributed by atoms with Crippen LogP contribution < -0.4 is 11.1 Å². The van der Waals surface area contributed by atoms with Gasteiger partial charge in [0, 0.05) is 12.8 Å². The van der Waals surface area contributed by atoms with Crippen molar-refractivity contribution in [3.63, 3.8) is 0 Å². The van der Waals surface area contributed by atoms with Crippen LogP contribution in [0.4, 0.5) is 0 Å². The van der Waals surface area contributed by atoms with Crippen LogP contribution in [0.5, 0.6) is 0 Å². The van der Waals surface area contributed by atoms with Crippen molar-refractivity contribution in [1.29, 1.82) is 0 Å².